The summed E-state index contributed by atoms with van der Waals surface area (Å²) >= 11 is 0. The highest BCUT2D eigenvalue weighted by atomic mass is 16.4. The van der Waals surface area contributed by atoms with Crippen molar-refractivity contribution in [3.63, 3.8) is 0 Å². The molecule has 0 aliphatic heterocycles. The van der Waals surface area contributed by atoms with E-state index in [0.29, 0.717) is 5.57 Å². The van der Waals surface area contributed by atoms with Crippen molar-refractivity contribution in [2.24, 2.45) is 0 Å². The van der Waals surface area contributed by atoms with Crippen molar-refractivity contribution in [1.29, 1.82) is 0 Å². The first kappa shape index (κ1) is 10.7. The molecule has 0 saturated carbocycles. The summed E-state index contributed by atoms with van der Waals surface area (Å²) in [5.74, 6) is -0.877. The lowest BCUT2D eigenvalue weighted by atomic mass is 10.2. The molecule has 0 aliphatic carbocycles. The van der Waals surface area contributed by atoms with Gasteiger partial charge in [0.15, 0.2) is 0 Å². The highest BCUT2D eigenvalue weighted by molar-refractivity contribution is 5.86. The summed E-state index contributed by atoms with van der Waals surface area (Å²) in [6.45, 7) is 5.46. The molecule has 0 amide bonds. The van der Waals surface area contributed by atoms with Crippen LogP contribution in [0.5, 0.6) is 0 Å². The van der Waals surface area contributed by atoms with Gasteiger partial charge in [0.1, 0.15) is 0 Å². The van der Waals surface area contributed by atoms with Crippen LogP contribution < -0.4 is 0 Å². The Hall–Kier alpha value is -1.31. The maximum atomic E-state index is 10.3. The van der Waals surface area contributed by atoms with Crippen LogP contribution in [0, 0.1) is 0 Å². The summed E-state index contributed by atoms with van der Waals surface area (Å²) < 4.78 is 0. The van der Waals surface area contributed by atoms with Gasteiger partial charge in [0, 0.05) is 5.57 Å². The van der Waals surface area contributed by atoms with E-state index in [1.54, 1.807) is 19.1 Å². The monoisotopic (exact) mass is 166 g/mol. The molecule has 0 rings (SSSR count). The second-order valence-corrected chi connectivity index (χ2v) is 2.55. The lowest BCUT2D eigenvalue weighted by molar-refractivity contribution is -0.132. The number of allylic oxidation sites excluding steroid dienone is 5. The van der Waals surface area contributed by atoms with Crippen LogP contribution in [0.25, 0.3) is 0 Å². The van der Waals surface area contributed by atoms with Crippen molar-refractivity contribution in [2.75, 3.05) is 0 Å². The molecule has 2 heteroatoms. The lowest BCUT2D eigenvalue weighted by Gasteiger charge is -1.88. The summed E-state index contributed by atoms with van der Waals surface area (Å²) in [6.07, 6.45) is 7.14. The first-order valence-corrected chi connectivity index (χ1v) is 3.79. The fourth-order valence-electron chi connectivity index (χ4n) is 0.512. The molecule has 0 aliphatic rings. The van der Waals surface area contributed by atoms with E-state index in [1.165, 1.54) is 0 Å². The van der Waals surface area contributed by atoms with Gasteiger partial charge in [-0.15, -0.1) is 0 Å². The van der Waals surface area contributed by atoms with E-state index in [1.807, 2.05) is 26.0 Å². The van der Waals surface area contributed by atoms with Gasteiger partial charge in [0.05, 0.1) is 0 Å². The van der Waals surface area contributed by atoms with Crippen LogP contribution >= 0.6 is 0 Å². The molecule has 66 valence electrons. The standard InChI is InChI=1S/C10H14O2/c1-4-8(2)6-5-7-9(3)10(11)12/h4-7H,1-3H3,(H,11,12). The number of carboxylic acids is 1. The third-order valence-electron chi connectivity index (χ3n) is 1.50. The van der Waals surface area contributed by atoms with Crippen LogP contribution in [-0.2, 0) is 4.79 Å². The Kier molecular flexibility index (Phi) is 4.77. The zero-order valence-electron chi connectivity index (χ0n) is 7.66. The molecular weight excluding hydrogens is 152 g/mol. The van der Waals surface area contributed by atoms with E-state index in [0.717, 1.165) is 5.57 Å². The Morgan fingerprint density at radius 1 is 1.33 bits per heavy atom. The van der Waals surface area contributed by atoms with Gasteiger partial charge >= 0.3 is 5.97 Å². The lowest BCUT2D eigenvalue weighted by Crippen LogP contribution is -1.94. The number of hydrogen-bond acceptors (Lipinski definition) is 1. The zero-order valence-corrected chi connectivity index (χ0v) is 7.66. The molecular formula is C10H14O2. The molecule has 0 aromatic rings. The van der Waals surface area contributed by atoms with E-state index in [9.17, 15) is 4.79 Å². The smallest absolute Gasteiger partial charge is 0.331 e. The van der Waals surface area contributed by atoms with Gasteiger partial charge in [-0.05, 0) is 20.8 Å². The second kappa shape index (κ2) is 5.35. The van der Waals surface area contributed by atoms with Crippen molar-refractivity contribution in [3.05, 3.63) is 35.5 Å². The van der Waals surface area contributed by atoms with Crippen molar-refractivity contribution >= 4 is 5.97 Å². The third-order valence-corrected chi connectivity index (χ3v) is 1.50. The molecule has 0 aromatic heterocycles. The fraction of sp³-hybridized carbons (Fsp3) is 0.300. The predicted octanol–water partition coefficient (Wildman–Crippen LogP) is 2.54. The molecule has 0 spiro atoms. The first-order valence-electron chi connectivity index (χ1n) is 3.79. The van der Waals surface area contributed by atoms with Crippen LogP contribution in [-0.4, -0.2) is 11.1 Å². The van der Waals surface area contributed by atoms with Crippen molar-refractivity contribution < 1.29 is 9.90 Å². The zero-order chi connectivity index (χ0) is 9.56. The minimum Gasteiger partial charge on any atom is -0.478 e. The molecule has 1 N–H and O–H groups in total. The van der Waals surface area contributed by atoms with Crippen LogP contribution in [0.15, 0.2) is 35.5 Å². The molecule has 0 unspecified atom stereocenters. The predicted molar refractivity (Wildman–Crippen MR) is 50.0 cm³/mol. The van der Waals surface area contributed by atoms with Gasteiger partial charge in [0.2, 0.25) is 0 Å². The van der Waals surface area contributed by atoms with Gasteiger partial charge in [-0.3, -0.25) is 0 Å². The summed E-state index contributed by atoms with van der Waals surface area (Å²) in [7, 11) is 0. The number of aliphatic carboxylic acids is 1. The molecule has 0 saturated heterocycles. The van der Waals surface area contributed by atoms with Gasteiger partial charge < -0.3 is 5.11 Å². The average molecular weight is 166 g/mol. The van der Waals surface area contributed by atoms with Gasteiger partial charge in [0.25, 0.3) is 0 Å². The largest absolute Gasteiger partial charge is 0.478 e. The Morgan fingerprint density at radius 3 is 2.33 bits per heavy atom. The topological polar surface area (TPSA) is 37.3 Å². The fourth-order valence-corrected chi connectivity index (χ4v) is 0.512. The quantitative estimate of drug-likeness (QED) is 0.516. The number of carboxylic acid groups (broad SMARTS) is 1. The normalized spacial score (nSPS) is 13.9. The summed E-state index contributed by atoms with van der Waals surface area (Å²) in [6, 6.07) is 0. The van der Waals surface area contributed by atoms with Gasteiger partial charge in [-0.1, -0.05) is 29.9 Å². The highest BCUT2D eigenvalue weighted by Gasteiger charge is 1.95. The average Bonchev–Trinajstić information content (AvgIpc) is 2.03. The molecule has 12 heavy (non-hydrogen) atoms. The van der Waals surface area contributed by atoms with Gasteiger partial charge in [-0.25, -0.2) is 4.79 Å². The minimum atomic E-state index is -0.877. The molecule has 0 radical (unpaired) electrons. The molecule has 0 fully saturated rings. The van der Waals surface area contributed by atoms with E-state index in [-0.39, 0.29) is 0 Å². The number of rotatable bonds is 3. The van der Waals surface area contributed by atoms with Crippen LogP contribution in [0.1, 0.15) is 20.8 Å². The molecule has 0 heterocycles. The number of carbonyl (C=O) groups is 1. The minimum absolute atomic E-state index is 0.343. The van der Waals surface area contributed by atoms with Crippen LogP contribution in [0.2, 0.25) is 0 Å². The molecule has 0 atom stereocenters. The van der Waals surface area contributed by atoms with Gasteiger partial charge in [-0.2, -0.15) is 0 Å². The van der Waals surface area contributed by atoms with E-state index < -0.39 is 5.97 Å². The van der Waals surface area contributed by atoms with Crippen LogP contribution in [0.3, 0.4) is 0 Å². The SMILES string of the molecule is CC=C(C)C=CC=C(C)C(=O)O. The second-order valence-electron chi connectivity index (χ2n) is 2.55. The molecule has 0 bridgehead atoms. The van der Waals surface area contributed by atoms with Crippen molar-refractivity contribution in [3.8, 4) is 0 Å². The Morgan fingerprint density at radius 2 is 1.92 bits per heavy atom. The van der Waals surface area contributed by atoms with E-state index in [2.05, 4.69) is 0 Å². The maximum absolute atomic E-state index is 10.3. The van der Waals surface area contributed by atoms with Crippen molar-refractivity contribution in [1.82, 2.24) is 0 Å². The van der Waals surface area contributed by atoms with Crippen molar-refractivity contribution in [2.45, 2.75) is 20.8 Å². The number of hydrogen-bond donors (Lipinski definition) is 1. The third kappa shape index (κ3) is 4.50. The molecule has 2 nitrogen and oxygen atoms in total. The Balaban J connectivity index is 4.22. The Labute approximate surface area is 72.9 Å². The van der Waals surface area contributed by atoms with E-state index in [4.69, 9.17) is 5.11 Å². The maximum Gasteiger partial charge on any atom is 0.331 e. The van der Waals surface area contributed by atoms with E-state index >= 15 is 0 Å². The highest BCUT2D eigenvalue weighted by Crippen LogP contribution is 1.97. The first-order chi connectivity index (χ1) is 5.57. The summed E-state index contributed by atoms with van der Waals surface area (Å²) in [5, 5.41) is 8.49. The molecule has 0 aromatic carbocycles. The summed E-state index contributed by atoms with van der Waals surface area (Å²) in [4.78, 5) is 10.3. The Bertz CT molecular complexity index is 245. The van der Waals surface area contributed by atoms with Crippen LogP contribution in [0.4, 0.5) is 0 Å². The summed E-state index contributed by atoms with van der Waals surface area (Å²) in [5.41, 5.74) is 1.46.